The Hall–Kier alpha value is -1.55. The maximum absolute atomic E-state index is 11.2. The Morgan fingerprint density at radius 2 is 2.17 bits per heavy atom. The first-order valence-electron chi connectivity index (χ1n) is 6.39. The Kier molecular flexibility index (Phi) is 6.22. The fraction of sp³-hybridized carbons (Fsp3) is 0.500. The van der Waals surface area contributed by atoms with E-state index in [1.54, 1.807) is 0 Å². The number of carbonyl (C=O) groups excluding carboxylic acids is 1. The third-order valence-corrected chi connectivity index (χ3v) is 2.58. The Bertz CT molecular complexity index is 378. The summed E-state index contributed by atoms with van der Waals surface area (Å²) in [5.41, 5.74) is 5.05. The molecule has 1 amide bonds. The quantitative estimate of drug-likeness (QED) is 0.763. The maximum Gasteiger partial charge on any atom is 0.426 e. The minimum Gasteiger partial charge on any atom is -0.354 e. The Balaban J connectivity index is 2.35. The van der Waals surface area contributed by atoms with Gasteiger partial charge in [0.2, 0.25) is 0 Å². The Labute approximate surface area is 109 Å². The lowest BCUT2D eigenvalue weighted by Crippen LogP contribution is -2.30. The molecule has 0 radical (unpaired) electrons. The molecule has 0 bridgehead atoms. The average Bonchev–Trinajstić information content (AvgIpc) is 2.36. The molecule has 100 valence electrons. The summed E-state index contributed by atoms with van der Waals surface area (Å²) in [5, 5.41) is 2.62. The van der Waals surface area contributed by atoms with Crippen molar-refractivity contribution in [1.29, 1.82) is 0 Å². The van der Waals surface area contributed by atoms with E-state index < -0.39 is 6.09 Å². The van der Waals surface area contributed by atoms with Gasteiger partial charge in [-0.3, -0.25) is 0 Å². The monoisotopic (exact) mass is 250 g/mol. The third kappa shape index (κ3) is 5.19. The molecule has 4 nitrogen and oxygen atoms in total. The second-order valence-electron chi connectivity index (χ2n) is 4.54. The van der Waals surface area contributed by atoms with Gasteiger partial charge in [-0.1, -0.05) is 45.0 Å². The van der Waals surface area contributed by atoms with Gasteiger partial charge in [-0.2, -0.15) is 0 Å². The lowest BCUT2D eigenvalue weighted by Gasteiger charge is -2.09. The predicted molar refractivity (Wildman–Crippen MR) is 72.1 cm³/mol. The lowest BCUT2D eigenvalue weighted by molar-refractivity contribution is 0.0865. The first kappa shape index (κ1) is 14.5. The lowest BCUT2D eigenvalue weighted by atomic mass is 10.0. The van der Waals surface area contributed by atoms with Crippen molar-refractivity contribution in [3.05, 3.63) is 35.4 Å². The Morgan fingerprint density at radius 3 is 2.83 bits per heavy atom. The van der Waals surface area contributed by atoms with Crippen LogP contribution in [0.15, 0.2) is 24.3 Å². The number of amides is 1. The van der Waals surface area contributed by atoms with Crippen molar-refractivity contribution >= 4 is 6.09 Å². The molecule has 2 N–H and O–H groups in total. The number of carbonyl (C=O) groups is 1. The first-order valence-corrected chi connectivity index (χ1v) is 6.39. The van der Waals surface area contributed by atoms with Gasteiger partial charge in [0.25, 0.3) is 0 Å². The van der Waals surface area contributed by atoms with Crippen LogP contribution < -0.4 is 10.8 Å². The fourth-order valence-corrected chi connectivity index (χ4v) is 1.51. The van der Waals surface area contributed by atoms with Crippen LogP contribution in [0, 0.1) is 0 Å². The minimum absolute atomic E-state index is 0.433. The molecule has 0 atom stereocenters. The van der Waals surface area contributed by atoms with E-state index in [9.17, 15) is 4.79 Å². The van der Waals surface area contributed by atoms with Crippen LogP contribution in [0.25, 0.3) is 0 Å². The van der Waals surface area contributed by atoms with Crippen LogP contribution in [0.2, 0.25) is 0 Å². The highest BCUT2D eigenvalue weighted by molar-refractivity contribution is 5.66. The summed E-state index contributed by atoms with van der Waals surface area (Å²) in [7, 11) is 0. The number of hydroxylamine groups is 1. The van der Waals surface area contributed by atoms with Crippen LogP contribution in [0.4, 0.5) is 4.79 Å². The van der Waals surface area contributed by atoms with Crippen LogP contribution in [0.3, 0.4) is 0 Å². The molecule has 0 aliphatic carbocycles. The topological polar surface area (TPSA) is 50.4 Å². The summed E-state index contributed by atoms with van der Waals surface area (Å²) in [6.07, 6.45) is 0.461. The van der Waals surface area contributed by atoms with E-state index in [2.05, 4.69) is 36.8 Å². The number of benzene rings is 1. The summed E-state index contributed by atoms with van der Waals surface area (Å²) in [4.78, 5) is 16.0. The molecule has 18 heavy (non-hydrogen) atoms. The number of hydrogen-bond donors (Lipinski definition) is 2. The van der Waals surface area contributed by atoms with Crippen molar-refractivity contribution in [2.75, 3.05) is 6.54 Å². The van der Waals surface area contributed by atoms with E-state index in [0.717, 1.165) is 12.0 Å². The van der Waals surface area contributed by atoms with Gasteiger partial charge in [0, 0.05) is 6.54 Å². The number of hydrogen-bond acceptors (Lipinski definition) is 3. The van der Waals surface area contributed by atoms with Crippen molar-refractivity contribution < 1.29 is 9.63 Å². The molecule has 1 rings (SSSR count). The summed E-state index contributed by atoms with van der Waals surface area (Å²) in [5.74, 6) is 0.499. The van der Waals surface area contributed by atoms with Crippen LogP contribution in [0.1, 0.15) is 44.2 Å². The van der Waals surface area contributed by atoms with E-state index in [4.69, 9.17) is 4.84 Å². The van der Waals surface area contributed by atoms with Gasteiger partial charge in [0.1, 0.15) is 0 Å². The molecule has 4 heteroatoms. The van der Waals surface area contributed by atoms with Crippen molar-refractivity contribution in [3.63, 3.8) is 0 Å². The molecule has 1 aromatic carbocycles. The molecule has 0 saturated heterocycles. The zero-order chi connectivity index (χ0) is 13.4. The molecule has 0 aromatic heterocycles. The van der Waals surface area contributed by atoms with E-state index >= 15 is 0 Å². The van der Waals surface area contributed by atoms with Gasteiger partial charge in [0.15, 0.2) is 0 Å². The summed E-state index contributed by atoms with van der Waals surface area (Å²) < 4.78 is 0. The van der Waals surface area contributed by atoms with Crippen molar-refractivity contribution in [3.8, 4) is 0 Å². The van der Waals surface area contributed by atoms with E-state index in [-0.39, 0.29) is 0 Å². The summed E-state index contributed by atoms with van der Waals surface area (Å²) in [6, 6.07) is 8.24. The van der Waals surface area contributed by atoms with Gasteiger partial charge in [-0.05, 0) is 23.5 Å². The Morgan fingerprint density at radius 1 is 1.39 bits per heavy atom. The van der Waals surface area contributed by atoms with Gasteiger partial charge in [-0.25, -0.2) is 4.79 Å². The highest BCUT2D eigenvalue weighted by Crippen LogP contribution is 2.15. The molecule has 0 heterocycles. The predicted octanol–water partition coefficient (Wildman–Crippen LogP) is 2.95. The largest absolute Gasteiger partial charge is 0.426 e. The van der Waals surface area contributed by atoms with E-state index in [1.165, 1.54) is 5.56 Å². The number of nitrogens with one attached hydrogen (secondary N) is 2. The van der Waals surface area contributed by atoms with E-state index in [1.807, 2.05) is 19.1 Å². The minimum atomic E-state index is -0.433. The normalized spacial score (nSPS) is 10.4. The highest BCUT2D eigenvalue weighted by atomic mass is 16.7. The van der Waals surface area contributed by atoms with Gasteiger partial charge < -0.3 is 10.2 Å². The van der Waals surface area contributed by atoms with Crippen molar-refractivity contribution in [2.45, 2.75) is 39.7 Å². The molecule has 0 saturated carbocycles. The van der Waals surface area contributed by atoms with Crippen molar-refractivity contribution in [2.24, 2.45) is 0 Å². The summed E-state index contributed by atoms with van der Waals surface area (Å²) in [6.45, 7) is 7.44. The third-order valence-electron chi connectivity index (χ3n) is 2.58. The van der Waals surface area contributed by atoms with Crippen LogP contribution >= 0.6 is 0 Å². The number of rotatable bonds is 6. The molecule has 0 aliphatic heterocycles. The zero-order valence-corrected chi connectivity index (χ0v) is 11.3. The van der Waals surface area contributed by atoms with Gasteiger partial charge in [0.05, 0.1) is 6.54 Å². The molecule has 0 aliphatic rings. The van der Waals surface area contributed by atoms with Gasteiger partial charge >= 0.3 is 6.09 Å². The molecule has 0 unspecified atom stereocenters. The molecule has 0 spiro atoms. The van der Waals surface area contributed by atoms with Crippen LogP contribution in [0.5, 0.6) is 0 Å². The molecular formula is C14H22N2O2. The first-order chi connectivity index (χ1) is 8.63. The standard InChI is InChI=1S/C14H22N2O2/c1-4-8-15-14(17)18-16-10-12-6-5-7-13(9-12)11(2)3/h5-7,9,11,16H,4,8,10H2,1-3H3,(H,15,17). The molecule has 0 fully saturated rings. The van der Waals surface area contributed by atoms with Crippen LogP contribution in [-0.4, -0.2) is 12.6 Å². The smallest absolute Gasteiger partial charge is 0.354 e. The van der Waals surface area contributed by atoms with Crippen molar-refractivity contribution in [1.82, 2.24) is 10.8 Å². The SMILES string of the molecule is CCCNC(=O)ONCc1cccc(C(C)C)c1. The maximum atomic E-state index is 11.2. The molecule has 1 aromatic rings. The highest BCUT2D eigenvalue weighted by Gasteiger charge is 2.02. The van der Waals surface area contributed by atoms with Gasteiger partial charge in [-0.15, -0.1) is 5.48 Å². The van der Waals surface area contributed by atoms with Crippen LogP contribution in [-0.2, 0) is 11.4 Å². The fourth-order valence-electron chi connectivity index (χ4n) is 1.51. The second-order valence-corrected chi connectivity index (χ2v) is 4.54. The van der Waals surface area contributed by atoms with E-state index in [0.29, 0.717) is 19.0 Å². The second kappa shape index (κ2) is 7.71. The summed E-state index contributed by atoms with van der Waals surface area (Å²) >= 11 is 0. The average molecular weight is 250 g/mol. The zero-order valence-electron chi connectivity index (χ0n) is 11.3. The molecular weight excluding hydrogens is 228 g/mol.